The summed E-state index contributed by atoms with van der Waals surface area (Å²) >= 11 is 0. The first-order chi connectivity index (χ1) is 12.0. The maximum atomic E-state index is 11.7. The molecule has 1 aromatic carbocycles. The number of carbonyl (C=O) groups excluding carboxylic acids is 1. The fourth-order valence-corrected chi connectivity index (χ4v) is 3.69. The number of nitrogens with zero attached hydrogens (tertiary/aromatic N) is 4. The van der Waals surface area contributed by atoms with Crippen molar-refractivity contribution in [1.82, 2.24) is 20.0 Å². The Hall–Kier alpha value is -1.92. The molecule has 0 spiro atoms. The minimum atomic E-state index is 0.0290. The van der Waals surface area contributed by atoms with Gasteiger partial charge >= 0.3 is 0 Å². The van der Waals surface area contributed by atoms with Gasteiger partial charge in [-0.05, 0) is 59.9 Å². The monoisotopic (exact) mass is 343 g/mol. The smallest absolute Gasteiger partial charge is 0.214 e. The maximum Gasteiger partial charge on any atom is 0.214 e. The van der Waals surface area contributed by atoms with Crippen LogP contribution in [0.4, 0.5) is 5.69 Å². The van der Waals surface area contributed by atoms with Gasteiger partial charge in [-0.2, -0.15) is 5.10 Å². The second-order valence-electron chi connectivity index (χ2n) is 7.52. The lowest BCUT2D eigenvalue weighted by atomic mass is 9.90. The van der Waals surface area contributed by atoms with Crippen LogP contribution >= 0.6 is 0 Å². The van der Waals surface area contributed by atoms with Gasteiger partial charge in [0.2, 0.25) is 6.41 Å². The van der Waals surface area contributed by atoms with Crippen LogP contribution in [0.3, 0.4) is 0 Å². The third-order valence-electron chi connectivity index (χ3n) is 5.34. The standard InChI is InChI=1S/C19H29N5O/c1-15-16-6-5-7-17(23(14-25)13-12-22(3)4)18(16)21-24(15)19(2)8-10-20-11-9-19/h5-7,14,20H,8-13H2,1-4H3. The largest absolute Gasteiger partial charge is 0.317 e. The van der Waals surface area contributed by atoms with Gasteiger partial charge in [-0.3, -0.25) is 9.48 Å². The van der Waals surface area contributed by atoms with Crippen molar-refractivity contribution >= 4 is 23.0 Å². The summed E-state index contributed by atoms with van der Waals surface area (Å²) in [6.45, 7) is 7.93. The molecule has 0 saturated carbocycles. The molecule has 0 bridgehead atoms. The van der Waals surface area contributed by atoms with Crippen LogP contribution in [-0.4, -0.2) is 61.4 Å². The SMILES string of the molecule is Cc1c2cccc(N(C=O)CCN(C)C)c2nn1C1(C)CCNCC1. The zero-order valence-corrected chi connectivity index (χ0v) is 15.7. The summed E-state index contributed by atoms with van der Waals surface area (Å²) in [6, 6.07) is 6.12. The van der Waals surface area contributed by atoms with Crippen LogP contribution in [0.2, 0.25) is 0 Å². The van der Waals surface area contributed by atoms with E-state index in [4.69, 9.17) is 5.10 Å². The molecule has 25 heavy (non-hydrogen) atoms. The molecule has 1 aliphatic rings. The molecule has 1 saturated heterocycles. The predicted octanol–water partition coefficient (Wildman–Crippen LogP) is 1.97. The van der Waals surface area contributed by atoms with E-state index in [0.717, 1.165) is 55.5 Å². The van der Waals surface area contributed by atoms with Crippen molar-refractivity contribution in [2.75, 3.05) is 45.2 Å². The Balaban J connectivity index is 2.04. The molecular formula is C19H29N5O. The molecule has 2 aromatic rings. The second-order valence-corrected chi connectivity index (χ2v) is 7.52. The normalized spacial score (nSPS) is 17.2. The van der Waals surface area contributed by atoms with E-state index in [1.165, 1.54) is 5.69 Å². The molecule has 0 unspecified atom stereocenters. The van der Waals surface area contributed by atoms with Crippen LogP contribution in [0.15, 0.2) is 18.2 Å². The molecule has 1 aliphatic heterocycles. The molecule has 6 nitrogen and oxygen atoms in total. The number of rotatable bonds is 6. The van der Waals surface area contributed by atoms with Gasteiger partial charge < -0.3 is 15.1 Å². The molecule has 3 rings (SSSR count). The molecule has 1 amide bonds. The van der Waals surface area contributed by atoms with E-state index in [2.05, 4.69) is 34.8 Å². The van der Waals surface area contributed by atoms with Crippen molar-refractivity contribution in [1.29, 1.82) is 0 Å². The van der Waals surface area contributed by atoms with Crippen LogP contribution < -0.4 is 10.2 Å². The Bertz CT molecular complexity index is 746. The molecule has 0 atom stereocenters. The number of aromatic nitrogens is 2. The lowest BCUT2D eigenvalue weighted by Gasteiger charge is -2.35. The highest BCUT2D eigenvalue weighted by atomic mass is 16.1. The maximum absolute atomic E-state index is 11.7. The van der Waals surface area contributed by atoms with E-state index in [0.29, 0.717) is 6.54 Å². The summed E-state index contributed by atoms with van der Waals surface area (Å²) < 4.78 is 2.19. The highest BCUT2D eigenvalue weighted by Crippen LogP contribution is 2.34. The zero-order valence-electron chi connectivity index (χ0n) is 15.7. The molecule has 136 valence electrons. The van der Waals surface area contributed by atoms with Gasteiger partial charge in [0, 0.05) is 24.2 Å². The number of fused-ring (bicyclic) bond motifs is 1. The molecule has 6 heteroatoms. The second kappa shape index (κ2) is 7.14. The number of amides is 1. The number of hydrogen-bond acceptors (Lipinski definition) is 4. The Morgan fingerprint density at radius 1 is 1.28 bits per heavy atom. The minimum Gasteiger partial charge on any atom is -0.317 e. The summed E-state index contributed by atoms with van der Waals surface area (Å²) in [5.74, 6) is 0. The van der Waals surface area contributed by atoms with Gasteiger partial charge in [0.05, 0.1) is 11.2 Å². The number of hydrogen-bond donors (Lipinski definition) is 1. The summed E-state index contributed by atoms with van der Waals surface area (Å²) in [5.41, 5.74) is 3.03. The first-order valence-corrected chi connectivity index (χ1v) is 9.02. The molecule has 2 heterocycles. The highest BCUT2D eigenvalue weighted by Gasteiger charge is 2.32. The van der Waals surface area contributed by atoms with E-state index in [-0.39, 0.29) is 5.54 Å². The topological polar surface area (TPSA) is 53.4 Å². The van der Waals surface area contributed by atoms with E-state index in [1.807, 2.05) is 26.2 Å². The Kier molecular flexibility index (Phi) is 5.11. The summed E-state index contributed by atoms with van der Waals surface area (Å²) in [7, 11) is 4.03. The first-order valence-electron chi connectivity index (χ1n) is 9.02. The van der Waals surface area contributed by atoms with E-state index in [9.17, 15) is 4.79 Å². The molecular weight excluding hydrogens is 314 g/mol. The fourth-order valence-electron chi connectivity index (χ4n) is 3.69. The molecule has 0 radical (unpaired) electrons. The Labute approximate surface area is 149 Å². The van der Waals surface area contributed by atoms with E-state index in [1.54, 1.807) is 4.90 Å². The molecule has 1 fully saturated rings. The molecule has 1 aromatic heterocycles. The number of benzene rings is 1. The van der Waals surface area contributed by atoms with Crippen molar-refractivity contribution in [2.24, 2.45) is 0 Å². The van der Waals surface area contributed by atoms with Crippen LogP contribution in [-0.2, 0) is 10.3 Å². The van der Waals surface area contributed by atoms with Crippen molar-refractivity contribution in [3.8, 4) is 0 Å². The van der Waals surface area contributed by atoms with Gasteiger partial charge in [-0.15, -0.1) is 0 Å². The number of nitrogens with one attached hydrogen (secondary N) is 1. The zero-order chi connectivity index (χ0) is 18.0. The van der Waals surface area contributed by atoms with Crippen molar-refractivity contribution in [3.05, 3.63) is 23.9 Å². The first kappa shape index (κ1) is 17.9. The number of carbonyl (C=O) groups is 1. The van der Waals surface area contributed by atoms with Crippen molar-refractivity contribution in [2.45, 2.75) is 32.2 Å². The van der Waals surface area contributed by atoms with Crippen molar-refractivity contribution < 1.29 is 4.79 Å². The van der Waals surface area contributed by atoms with Gasteiger partial charge in [-0.1, -0.05) is 12.1 Å². The van der Waals surface area contributed by atoms with E-state index >= 15 is 0 Å². The van der Waals surface area contributed by atoms with Gasteiger partial charge in [0.15, 0.2) is 0 Å². The quantitative estimate of drug-likeness (QED) is 0.815. The average molecular weight is 343 g/mol. The third-order valence-corrected chi connectivity index (χ3v) is 5.34. The predicted molar refractivity (Wildman–Crippen MR) is 102 cm³/mol. The van der Waals surface area contributed by atoms with Gasteiger partial charge in [-0.25, -0.2) is 0 Å². The Morgan fingerprint density at radius 3 is 2.64 bits per heavy atom. The number of anilines is 1. The molecule has 0 aliphatic carbocycles. The van der Waals surface area contributed by atoms with Crippen LogP contribution in [0.25, 0.3) is 10.9 Å². The summed E-state index contributed by atoms with van der Waals surface area (Å²) in [4.78, 5) is 15.5. The fraction of sp³-hybridized carbons (Fsp3) is 0.579. The summed E-state index contributed by atoms with van der Waals surface area (Å²) in [6.07, 6.45) is 3.04. The van der Waals surface area contributed by atoms with Gasteiger partial charge in [0.25, 0.3) is 0 Å². The van der Waals surface area contributed by atoms with Gasteiger partial charge in [0.1, 0.15) is 5.52 Å². The van der Waals surface area contributed by atoms with Crippen molar-refractivity contribution in [3.63, 3.8) is 0 Å². The highest BCUT2D eigenvalue weighted by molar-refractivity contribution is 5.97. The summed E-state index contributed by atoms with van der Waals surface area (Å²) in [5, 5.41) is 9.54. The van der Waals surface area contributed by atoms with Crippen LogP contribution in [0.5, 0.6) is 0 Å². The average Bonchev–Trinajstić information content (AvgIpc) is 2.94. The number of aryl methyl sites for hydroxylation is 1. The minimum absolute atomic E-state index is 0.0290. The van der Waals surface area contributed by atoms with Crippen LogP contribution in [0.1, 0.15) is 25.5 Å². The lowest BCUT2D eigenvalue weighted by Crippen LogP contribution is -2.43. The van der Waals surface area contributed by atoms with E-state index < -0.39 is 0 Å². The number of piperidine rings is 1. The third kappa shape index (κ3) is 3.41. The Morgan fingerprint density at radius 2 is 2.00 bits per heavy atom. The lowest BCUT2D eigenvalue weighted by molar-refractivity contribution is -0.107. The van der Waals surface area contributed by atoms with Crippen LogP contribution in [0, 0.1) is 6.92 Å². The number of likely N-dealkylation sites (N-methyl/N-ethyl adjacent to an activating group) is 1. The molecule has 1 N–H and O–H groups in total.